The lowest BCUT2D eigenvalue weighted by Crippen LogP contribution is -2.54. The highest BCUT2D eigenvalue weighted by Crippen LogP contribution is 2.15. The van der Waals surface area contributed by atoms with Gasteiger partial charge in [0.15, 0.2) is 0 Å². The van der Waals surface area contributed by atoms with Crippen LogP contribution >= 0.6 is 0 Å². The second kappa shape index (κ2) is 6.10. The van der Waals surface area contributed by atoms with Crippen LogP contribution in [0.5, 0.6) is 0 Å². The first-order valence-corrected chi connectivity index (χ1v) is 6.16. The molecule has 18 heavy (non-hydrogen) atoms. The minimum Gasteiger partial charge on any atom is -0.383 e. The average Bonchev–Trinajstić information content (AvgIpc) is 2.38. The number of hydrogen-bond donors (Lipinski definition) is 3. The second-order valence-electron chi connectivity index (χ2n) is 4.70. The van der Waals surface area contributed by atoms with E-state index in [1.165, 1.54) is 0 Å². The molecule has 1 aromatic rings. The van der Waals surface area contributed by atoms with Crippen molar-refractivity contribution in [3.05, 3.63) is 23.9 Å². The normalized spacial score (nSPS) is 22.9. The van der Waals surface area contributed by atoms with Gasteiger partial charge < -0.3 is 15.4 Å². The third-order valence-electron chi connectivity index (χ3n) is 3.33. The number of nitrogens with one attached hydrogen (secondary N) is 1. The zero-order valence-corrected chi connectivity index (χ0v) is 10.7. The molecular weight excluding hydrogens is 230 g/mol. The number of ether oxygens (including phenoxy) is 1. The van der Waals surface area contributed by atoms with Gasteiger partial charge in [-0.25, -0.2) is 4.98 Å². The quantitative estimate of drug-likeness (QED) is 0.487. The Morgan fingerprint density at radius 1 is 1.67 bits per heavy atom. The van der Waals surface area contributed by atoms with E-state index in [9.17, 15) is 0 Å². The van der Waals surface area contributed by atoms with Crippen molar-refractivity contribution in [1.82, 2.24) is 15.3 Å². The number of anilines is 1. The summed E-state index contributed by atoms with van der Waals surface area (Å²) in [5.74, 6) is 6.19. The van der Waals surface area contributed by atoms with Gasteiger partial charge in [-0.15, -0.1) is 0 Å². The molecule has 1 aromatic heterocycles. The lowest BCUT2D eigenvalue weighted by molar-refractivity contribution is -0.0384. The fraction of sp³-hybridized carbons (Fsp3) is 0.583. The molecule has 1 fully saturated rings. The van der Waals surface area contributed by atoms with Crippen molar-refractivity contribution in [3.8, 4) is 0 Å². The Bertz CT molecular complexity index is 386. The number of hydrogen-bond acceptors (Lipinski definition) is 6. The molecule has 0 aliphatic carbocycles. The van der Waals surface area contributed by atoms with Crippen molar-refractivity contribution in [3.63, 3.8) is 0 Å². The molecule has 1 aliphatic heterocycles. The van der Waals surface area contributed by atoms with Gasteiger partial charge in [-0.05, 0) is 25.1 Å². The third kappa shape index (κ3) is 3.17. The third-order valence-corrected chi connectivity index (χ3v) is 3.33. The Kier molecular flexibility index (Phi) is 4.48. The number of nitrogen functional groups attached to an aromatic ring is 1. The molecule has 2 heterocycles. The maximum Gasteiger partial charge on any atom is 0.126 e. The number of nitrogens with two attached hydrogens (primary N) is 2. The van der Waals surface area contributed by atoms with E-state index < -0.39 is 0 Å². The Morgan fingerprint density at radius 3 is 3.17 bits per heavy atom. The number of rotatable bonds is 4. The SMILES string of the molecule is CN1CCOC(C(Cc2cccnc2N)NN)C1. The van der Waals surface area contributed by atoms with Gasteiger partial charge in [0.25, 0.3) is 0 Å². The summed E-state index contributed by atoms with van der Waals surface area (Å²) >= 11 is 0. The summed E-state index contributed by atoms with van der Waals surface area (Å²) in [7, 11) is 2.08. The van der Waals surface area contributed by atoms with E-state index in [2.05, 4.69) is 22.4 Å². The van der Waals surface area contributed by atoms with E-state index in [0.717, 1.165) is 25.3 Å². The highest BCUT2D eigenvalue weighted by molar-refractivity contribution is 5.39. The van der Waals surface area contributed by atoms with Crippen molar-refractivity contribution in [2.45, 2.75) is 18.6 Å². The van der Waals surface area contributed by atoms with E-state index in [4.69, 9.17) is 16.3 Å². The molecule has 0 aromatic carbocycles. The van der Waals surface area contributed by atoms with E-state index >= 15 is 0 Å². The van der Waals surface area contributed by atoms with E-state index in [1.54, 1.807) is 6.20 Å². The number of aromatic nitrogens is 1. The Balaban J connectivity index is 2.03. The summed E-state index contributed by atoms with van der Waals surface area (Å²) in [5, 5.41) is 0. The molecule has 2 atom stereocenters. The van der Waals surface area contributed by atoms with Gasteiger partial charge in [0.05, 0.1) is 18.8 Å². The van der Waals surface area contributed by atoms with Gasteiger partial charge in [0.1, 0.15) is 5.82 Å². The fourth-order valence-corrected chi connectivity index (χ4v) is 2.21. The zero-order chi connectivity index (χ0) is 13.0. The van der Waals surface area contributed by atoms with Crippen molar-refractivity contribution in [2.24, 2.45) is 5.84 Å². The van der Waals surface area contributed by atoms with E-state index in [0.29, 0.717) is 12.2 Å². The summed E-state index contributed by atoms with van der Waals surface area (Å²) < 4.78 is 5.77. The molecule has 1 saturated heterocycles. The van der Waals surface area contributed by atoms with Crippen LogP contribution in [0.2, 0.25) is 0 Å². The summed E-state index contributed by atoms with van der Waals surface area (Å²) in [4.78, 5) is 6.33. The zero-order valence-electron chi connectivity index (χ0n) is 10.7. The van der Waals surface area contributed by atoms with Crippen molar-refractivity contribution >= 4 is 5.82 Å². The predicted octanol–water partition coefficient (Wildman–Crippen LogP) is -0.631. The smallest absolute Gasteiger partial charge is 0.126 e. The van der Waals surface area contributed by atoms with Crippen LogP contribution in [0, 0.1) is 0 Å². The summed E-state index contributed by atoms with van der Waals surface area (Å²) in [6, 6.07) is 3.89. The van der Waals surface area contributed by atoms with Crippen LogP contribution in [0.25, 0.3) is 0 Å². The molecule has 5 N–H and O–H groups in total. The van der Waals surface area contributed by atoms with Crippen LogP contribution < -0.4 is 17.0 Å². The lowest BCUT2D eigenvalue weighted by atomic mass is 10.0. The Morgan fingerprint density at radius 2 is 2.50 bits per heavy atom. The van der Waals surface area contributed by atoms with Gasteiger partial charge in [-0.1, -0.05) is 6.07 Å². The Labute approximate surface area is 107 Å². The first-order valence-electron chi connectivity index (χ1n) is 6.16. The topological polar surface area (TPSA) is 89.4 Å². The molecular formula is C12H21N5O. The molecule has 0 saturated carbocycles. The van der Waals surface area contributed by atoms with E-state index in [1.807, 2.05) is 12.1 Å². The molecule has 0 spiro atoms. The van der Waals surface area contributed by atoms with Crippen molar-refractivity contribution < 1.29 is 4.74 Å². The first kappa shape index (κ1) is 13.2. The highest BCUT2D eigenvalue weighted by Gasteiger charge is 2.26. The maximum absolute atomic E-state index is 5.85. The first-order chi connectivity index (χ1) is 8.70. The van der Waals surface area contributed by atoms with Crippen molar-refractivity contribution in [1.29, 1.82) is 0 Å². The molecule has 6 heteroatoms. The van der Waals surface area contributed by atoms with Crippen LogP contribution in [-0.4, -0.2) is 48.8 Å². The van der Waals surface area contributed by atoms with Gasteiger partial charge in [0, 0.05) is 19.3 Å². The number of nitrogens with zero attached hydrogens (tertiary/aromatic N) is 2. The maximum atomic E-state index is 5.85. The molecule has 2 rings (SSSR count). The van der Waals surface area contributed by atoms with Crippen molar-refractivity contribution in [2.75, 3.05) is 32.5 Å². The molecule has 2 unspecified atom stereocenters. The van der Waals surface area contributed by atoms with E-state index in [-0.39, 0.29) is 12.1 Å². The molecule has 0 amide bonds. The fourth-order valence-electron chi connectivity index (χ4n) is 2.21. The highest BCUT2D eigenvalue weighted by atomic mass is 16.5. The van der Waals surface area contributed by atoms with Crippen LogP contribution in [0.1, 0.15) is 5.56 Å². The number of morpholine rings is 1. The average molecular weight is 251 g/mol. The van der Waals surface area contributed by atoms with Crippen LogP contribution in [0.15, 0.2) is 18.3 Å². The molecule has 100 valence electrons. The summed E-state index contributed by atoms with van der Waals surface area (Å²) in [6.45, 7) is 2.57. The molecule has 0 bridgehead atoms. The summed E-state index contributed by atoms with van der Waals surface area (Å²) in [6.07, 6.45) is 2.48. The monoisotopic (exact) mass is 251 g/mol. The molecule has 1 aliphatic rings. The standard InChI is InChI=1S/C12H21N5O/c1-17-5-6-18-11(8-17)10(16-14)7-9-3-2-4-15-12(9)13/h2-4,10-11,16H,5-8,14H2,1H3,(H2,13,15). The number of likely N-dealkylation sites (N-methyl/N-ethyl adjacent to an activating group) is 1. The van der Waals surface area contributed by atoms with Gasteiger partial charge in [-0.2, -0.15) is 0 Å². The second-order valence-corrected chi connectivity index (χ2v) is 4.70. The van der Waals surface area contributed by atoms with Crippen LogP contribution in [0.4, 0.5) is 5.82 Å². The summed E-state index contributed by atoms with van der Waals surface area (Å²) in [5.41, 5.74) is 9.68. The Hall–Kier alpha value is -1.21. The van der Waals surface area contributed by atoms with Crippen LogP contribution in [-0.2, 0) is 11.2 Å². The number of hydrazine groups is 1. The largest absolute Gasteiger partial charge is 0.383 e. The van der Waals surface area contributed by atoms with Gasteiger partial charge >= 0.3 is 0 Å². The molecule has 0 radical (unpaired) electrons. The minimum atomic E-state index is 0.0410. The predicted molar refractivity (Wildman–Crippen MR) is 70.7 cm³/mol. The molecule has 6 nitrogen and oxygen atoms in total. The van der Waals surface area contributed by atoms with Crippen LogP contribution in [0.3, 0.4) is 0 Å². The number of pyridine rings is 1. The minimum absolute atomic E-state index is 0.0410. The van der Waals surface area contributed by atoms with Gasteiger partial charge in [0.2, 0.25) is 0 Å². The lowest BCUT2D eigenvalue weighted by Gasteiger charge is -2.35. The van der Waals surface area contributed by atoms with Gasteiger partial charge in [-0.3, -0.25) is 11.3 Å².